The van der Waals surface area contributed by atoms with Gasteiger partial charge in [-0.2, -0.15) is 4.98 Å². The standard InChI is InChI=1S/C16H14FN3O/c17-14-4-2-1-3-13(14)15-19-16(21-20-15)12-7-5-11(6-8-12)9-10-18/h1-8H,9-10,18H2. The van der Waals surface area contributed by atoms with Crippen molar-refractivity contribution in [1.29, 1.82) is 0 Å². The molecule has 2 N–H and O–H groups in total. The smallest absolute Gasteiger partial charge is 0.258 e. The Hall–Kier alpha value is -2.53. The zero-order valence-corrected chi connectivity index (χ0v) is 11.3. The van der Waals surface area contributed by atoms with Crippen LogP contribution in [0, 0.1) is 5.82 Å². The van der Waals surface area contributed by atoms with Crippen LogP contribution < -0.4 is 5.73 Å². The highest BCUT2D eigenvalue weighted by Crippen LogP contribution is 2.24. The van der Waals surface area contributed by atoms with Crippen molar-refractivity contribution in [1.82, 2.24) is 10.1 Å². The number of hydrogen-bond donors (Lipinski definition) is 1. The van der Waals surface area contributed by atoms with Crippen molar-refractivity contribution in [3.05, 3.63) is 59.9 Å². The lowest BCUT2D eigenvalue weighted by atomic mass is 10.1. The lowest BCUT2D eigenvalue weighted by Gasteiger charge is -1.99. The van der Waals surface area contributed by atoms with Crippen LogP contribution >= 0.6 is 0 Å². The molecular formula is C16H14FN3O. The summed E-state index contributed by atoms with van der Waals surface area (Å²) in [4.78, 5) is 4.24. The first kappa shape index (κ1) is 13.5. The number of nitrogens with zero attached hydrogens (tertiary/aromatic N) is 2. The minimum atomic E-state index is -0.372. The fraction of sp³-hybridized carbons (Fsp3) is 0.125. The van der Waals surface area contributed by atoms with Gasteiger partial charge < -0.3 is 10.3 Å². The fourth-order valence-electron chi connectivity index (χ4n) is 2.07. The van der Waals surface area contributed by atoms with E-state index in [-0.39, 0.29) is 11.6 Å². The van der Waals surface area contributed by atoms with E-state index in [9.17, 15) is 4.39 Å². The van der Waals surface area contributed by atoms with Crippen LogP contribution in [0.3, 0.4) is 0 Å². The number of halogens is 1. The molecule has 0 atom stereocenters. The molecule has 3 rings (SSSR count). The molecule has 0 saturated heterocycles. The van der Waals surface area contributed by atoms with Gasteiger partial charge in [0.25, 0.3) is 5.89 Å². The second-order valence-corrected chi connectivity index (χ2v) is 4.64. The van der Waals surface area contributed by atoms with Crippen LogP contribution in [-0.4, -0.2) is 16.7 Å². The van der Waals surface area contributed by atoms with Crippen molar-refractivity contribution in [2.75, 3.05) is 6.54 Å². The average Bonchev–Trinajstić information content (AvgIpc) is 2.98. The van der Waals surface area contributed by atoms with Gasteiger partial charge in [0.2, 0.25) is 5.82 Å². The number of nitrogens with two attached hydrogens (primary N) is 1. The Balaban J connectivity index is 1.89. The molecule has 1 aromatic heterocycles. The van der Waals surface area contributed by atoms with Gasteiger partial charge in [-0.1, -0.05) is 29.4 Å². The van der Waals surface area contributed by atoms with Crippen molar-refractivity contribution < 1.29 is 8.91 Å². The van der Waals surface area contributed by atoms with Crippen molar-refractivity contribution in [2.24, 2.45) is 5.73 Å². The van der Waals surface area contributed by atoms with E-state index in [0.29, 0.717) is 18.0 Å². The van der Waals surface area contributed by atoms with E-state index < -0.39 is 0 Å². The summed E-state index contributed by atoms with van der Waals surface area (Å²) in [6.45, 7) is 0.608. The molecule has 3 aromatic rings. The molecule has 106 valence electrons. The number of rotatable bonds is 4. The van der Waals surface area contributed by atoms with Gasteiger partial charge in [0.15, 0.2) is 0 Å². The van der Waals surface area contributed by atoms with Crippen LogP contribution in [0.4, 0.5) is 4.39 Å². The normalized spacial score (nSPS) is 10.8. The molecule has 0 saturated carbocycles. The van der Waals surface area contributed by atoms with Gasteiger partial charge in [0.05, 0.1) is 5.56 Å². The highest BCUT2D eigenvalue weighted by Gasteiger charge is 2.13. The molecule has 2 aromatic carbocycles. The van der Waals surface area contributed by atoms with E-state index in [0.717, 1.165) is 17.5 Å². The third kappa shape index (κ3) is 2.83. The molecule has 21 heavy (non-hydrogen) atoms. The van der Waals surface area contributed by atoms with Crippen molar-refractivity contribution in [3.8, 4) is 22.8 Å². The summed E-state index contributed by atoms with van der Waals surface area (Å²) in [5, 5.41) is 3.84. The summed E-state index contributed by atoms with van der Waals surface area (Å²) in [5.74, 6) is 0.241. The van der Waals surface area contributed by atoms with E-state index in [4.69, 9.17) is 10.3 Å². The molecule has 0 amide bonds. The quantitative estimate of drug-likeness (QED) is 0.799. The first-order chi connectivity index (χ1) is 10.3. The number of hydrogen-bond acceptors (Lipinski definition) is 4. The fourth-order valence-corrected chi connectivity index (χ4v) is 2.07. The van der Waals surface area contributed by atoms with Crippen LogP contribution in [0.25, 0.3) is 22.8 Å². The summed E-state index contributed by atoms with van der Waals surface area (Å²) in [5.41, 5.74) is 7.79. The molecule has 5 heteroatoms. The van der Waals surface area contributed by atoms with Crippen molar-refractivity contribution in [2.45, 2.75) is 6.42 Å². The SMILES string of the molecule is NCCc1ccc(-c2nc(-c3ccccc3F)no2)cc1. The second-order valence-electron chi connectivity index (χ2n) is 4.64. The summed E-state index contributed by atoms with van der Waals surface area (Å²) in [6.07, 6.45) is 0.824. The summed E-state index contributed by atoms with van der Waals surface area (Å²) in [7, 11) is 0. The summed E-state index contributed by atoms with van der Waals surface area (Å²) < 4.78 is 18.9. The van der Waals surface area contributed by atoms with E-state index in [1.54, 1.807) is 18.2 Å². The van der Waals surface area contributed by atoms with Gasteiger partial charge in [-0.05, 0) is 42.8 Å². The molecule has 0 fully saturated rings. The lowest BCUT2D eigenvalue weighted by molar-refractivity contribution is 0.432. The minimum absolute atomic E-state index is 0.245. The molecule has 0 aliphatic carbocycles. The molecule has 4 nitrogen and oxygen atoms in total. The lowest BCUT2D eigenvalue weighted by Crippen LogP contribution is -2.02. The highest BCUT2D eigenvalue weighted by molar-refractivity contribution is 5.60. The van der Waals surface area contributed by atoms with Crippen LogP contribution in [0.5, 0.6) is 0 Å². The largest absolute Gasteiger partial charge is 0.334 e. The van der Waals surface area contributed by atoms with E-state index >= 15 is 0 Å². The minimum Gasteiger partial charge on any atom is -0.334 e. The predicted octanol–water partition coefficient (Wildman–Crippen LogP) is 3.04. The van der Waals surface area contributed by atoms with Gasteiger partial charge in [-0.3, -0.25) is 0 Å². The molecule has 0 aliphatic rings. The first-order valence-electron chi connectivity index (χ1n) is 6.66. The molecule has 0 bridgehead atoms. The third-order valence-electron chi connectivity index (χ3n) is 3.17. The Bertz CT molecular complexity index is 737. The van der Waals surface area contributed by atoms with Crippen LogP contribution in [0.1, 0.15) is 5.56 Å². The van der Waals surface area contributed by atoms with Crippen LogP contribution in [0.15, 0.2) is 53.1 Å². The van der Waals surface area contributed by atoms with Crippen molar-refractivity contribution in [3.63, 3.8) is 0 Å². The zero-order valence-electron chi connectivity index (χ0n) is 11.3. The van der Waals surface area contributed by atoms with Gasteiger partial charge in [0, 0.05) is 5.56 Å². The van der Waals surface area contributed by atoms with Crippen molar-refractivity contribution >= 4 is 0 Å². The Morgan fingerprint density at radius 3 is 2.52 bits per heavy atom. The van der Waals surface area contributed by atoms with Gasteiger partial charge in [0.1, 0.15) is 5.82 Å². The average molecular weight is 283 g/mol. The second kappa shape index (κ2) is 5.85. The Labute approximate surface area is 121 Å². The maximum absolute atomic E-state index is 13.7. The molecule has 0 radical (unpaired) electrons. The number of aromatic nitrogens is 2. The van der Waals surface area contributed by atoms with E-state index in [1.807, 2.05) is 24.3 Å². The zero-order chi connectivity index (χ0) is 14.7. The number of benzene rings is 2. The first-order valence-corrected chi connectivity index (χ1v) is 6.66. The van der Waals surface area contributed by atoms with Crippen LogP contribution in [-0.2, 0) is 6.42 Å². The van der Waals surface area contributed by atoms with E-state index in [2.05, 4.69) is 10.1 Å². The molecule has 0 spiro atoms. The topological polar surface area (TPSA) is 64.9 Å². The van der Waals surface area contributed by atoms with Gasteiger partial charge in [-0.15, -0.1) is 0 Å². The highest BCUT2D eigenvalue weighted by atomic mass is 19.1. The Kier molecular flexibility index (Phi) is 3.75. The van der Waals surface area contributed by atoms with Gasteiger partial charge in [-0.25, -0.2) is 4.39 Å². The van der Waals surface area contributed by atoms with Gasteiger partial charge >= 0.3 is 0 Å². The predicted molar refractivity (Wildman–Crippen MR) is 77.9 cm³/mol. The van der Waals surface area contributed by atoms with Crippen LogP contribution in [0.2, 0.25) is 0 Å². The Morgan fingerprint density at radius 2 is 1.81 bits per heavy atom. The Morgan fingerprint density at radius 1 is 1.05 bits per heavy atom. The molecule has 0 aliphatic heterocycles. The molecule has 0 unspecified atom stereocenters. The monoisotopic (exact) mass is 283 g/mol. The molecular weight excluding hydrogens is 269 g/mol. The molecule has 1 heterocycles. The summed E-state index contributed by atoms with van der Waals surface area (Å²) in [6, 6.07) is 14.1. The van der Waals surface area contributed by atoms with E-state index in [1.165, 1.54) is 6.07 Å². The maximum atomic E-state index is 13.7. The summed E-state index contributed by atoms with van der Waals surface area (Å²) >= 11 is 0. The maximum Gasteiger partial charge on any atom is 0.258 e. The third-order valence-corrected chi connectivity index (χ3v) is 3.17.